The first-order valence-electron chi connectivity index (χ1n) is 8.85. The largest absolute Gasteiger partial charge is 0.381 e. The summed E-state index contributed by atoms with van der Waals surface area (Å²) in [6.07, 6.45) is 6.34. The van der Waals surface area contributed by atoms with Crippen molar-refractivity contribution in [2.24, 2.45) is 11.1 Å². The minimum Gasteiger partial charge on any atom is -0.381 e. The lowest BCUT2D eigenvalue weighted by molar-refractivity contribution is -0.136. The van der Waals surface area contributed by atoms with Crippen molar-refractivity contribution in [1.29, 1.82) is 0 Å². The van der Waals surface area contributed by atoms with Gasteiger partial charge >= 0.3 is 0 Å². The number of aryl methyl sites for hydroxylation is 2. The number of benzene rings is 1. The predicted octanol–water partition coefficient (Wildman–Crippen LogP) is 2.92. The first-order chi connectivity index (χ1) is 11.1. The summed E-state index contributed by atoms with van der Waals surface area (Å²) in [6.45, 7) is 3.70. The van der Waals surface area contributed by atoms with Crippen LogP contribution in [0.15, 0.2) is 18.2 Å². The smallest absolute Gasteiger partial charge is 0.228 e. The second-order valence-electron chi connectivity index (χ2n) is 7.03. The minimum absolute atomic E-state index is 0. The molecule has 0 bridgehead atoms. The van der Waals surface area contributed by atoms with E-state index in [1.165, 1.54) is 36.0 Å². The monoisotopic (exact) mass is 352 g/mol. The Labute approximate surface area is 150 Å². The van der Waals surface area contributed by atoms with Crippen LogP contribution in [-0.4, -0.2) is 25.7 Å². The van der Waals surface area contributed by atoms with Crippen molar-refractivity contribution in [1.82, 2.24) is 5.32 Å². The fourth-order valence-electron chi connectivity index (χ4n) is 3.74. The standard InChI is InChI=1S/C19H28N2O2.ClH/c1-14(16-7-6-15-4-2-3-5-17(15)12-16)21-18(22)19(13-20)8-10-23-11-9-19;/h6-7,12,14H,2-5,8-11,13,20H2,1H3,(H,21,22);1H. The Hall–Kier alpha value is -1.10. The highest BCUT2D eigenvalue weighted by molar-refractivity contribution is 5.85. The third kappa shape index (κ3) is 3.93. The number of rotatable bonds is 4. The van der Waals surface area contributed by atoms with Crippen molar-refractivity contribution < 1.29 is 9.53 Å². The average molecular weight is 353 g/mol. The maximum absolute atomic E-state index is 12.8. The van der Waals surface area contributed by atoms with Gasteiger partial charge < -0.3 is 15.8 Å². The molecule has 2 aliphatic rings. The molecule has 0 saturated carbocycles. The first kappa shape index (κ1) is 19.2. The normalized spacial score (nSPS) is 20.4. The Bertz CT molecular complexity index is 570. The number of hydrogen-bond donors (Lipinski definition) is 2. The van der Waals surface area contributed by atoms with Crippen LogP contribution in [0.1, 0.15) is 55.3 Å². The van der Waals surface area contributed by atoms with Gasteiger partial charge in [-0.3, -0.25) is 4.79 Å². The van der Waals surface area contributed by atoms with Crippen molar-refractivity contribution in [3.05, 3.63) is 34.9 Å². The summed E-state index contributed by atoms with van der Waals surface area (Å²) in [5, 5.41) is 3.19. The molecule has 3 rings (SSSR count). The fraction of sp³-hybridized carbons (Fsp3) is 0.632. The molecule has 134 valence electrons. The van der Waals surface area contributed by atoms with Crippen molar-refractivity contribution >= 4 is 18.3 Å². The van der Waals surface area contributed by atoms with E-state index in [9.17, 15) is 4.79 Å². The third-order valence-corrected chi connectivity index (χ3v) is 5.54. The lowest BCUT2D eigenvalue weighted by Gasteiger charge is -2.35. The second kappa shape index (κ2) is 8.32. The Morgan fingerprint density at radius 2 is 1.92 bits per heavy atom. The van der Waals surface area contributed by atoms with Gasteiger partial charge in [-0.25, -0.2) is 0 Å². The zero-order valence-electron chi connectivity index (χ0n) is 14.5. The highest BCUT2D eigenvalue weighted by atomic mass is 35.5. The van der Waals surface area contributed by atoms with Crippen LogP contribution in [0, 0.1) is 5.41 Å². The van der Waals surface area contributed by atoms with E-state index in [1.54, 1.807) is 0 Å². The molecule has 1 saturated heterocycles. The van der Waals surface area contributed by atoms with Crippen LogP contribution in [0.3, 0.4) is 0 Å². The van der Waals surface area contributed by atoms with E-state index in [0.29, 0.717) is 32.6 Å². The molecule has 0 spiro atoms. The van der Waals surface area contributed by atoms with Crippen molar-refractivity contribution in [3.8, 4) is 0 Å². The van der Waals surface area contributed by atoms with Gasteiger partial charge in [0.2, 0.25) is 5.91 Å². The molecular weight excluding hydrogens is 324 g/mol. The summed E-state index contributed by atoms with van der Waals surface area (Å²) in [7, 11) is 0. The van der Waals surface area contributed by atoms with Crippen LogP contribution < -0.4 is 11.1 Å². The Balaban J connectivity index is 0.00000208. The van der Waals surface area contributed by atoms with Gasteiger partial charge in [-0.2, -0.15) is 0 Å². The molecule has 1 heterocycles. The molecular formula is C19H29ClN2O2. The number of nitrogens with two attached hydrogens (primary N) is 1. The van der Waals surface area contributed by atoms with E-state index < -0.39 is 5.41 Å². The highest BCUT2D eigenvalue weighted by Crippen LogP contribution is 2.31. The number of fused-ring (bicyclic) bond motifs is 1. The van der Waals surface area contributed by atoms with Crippen molar-refractivity contribution in [2.75, 3.05) is 19.8 Å². The zero-order valence-corrected chi connectivity index (χ0v) is 15.3. The average Bonchev–Trinajstić information content (AvgIpc) is 2.61. The van der Waals surface area contributed by atoms with Crippen LogP contribution in [0.25, 0.3) is 0 Å². The molecule has 1 aliphatic heterocycles. The molecule has 0 radical (unpaired) electrons. The maximum Gasteiger partial charge on any atom is 0.228 e. The number of carbonyl (C=O) groups is 1. The molecule has 1 aromatic rings. The van der Waals surface area contributed by atoms with E-state index in [2.05, 4.69) is 30.4 Å². The number of amides is 1. The molecule has 1 unspecified atom stereocenters. The molecule has 1 aromatic carbocycles. The second-order valence-corrected chi connectivity index (χ2v) is 7.03. The molecule has 3 N–H and O–H groups in total. The summed E-state index contributed by atoms with van der Waals surface area (Å²) in [6, 6.07) is 6.69. The summed E-state index contributed by atoms with van der Waals surface area (Å²) in [5.74, 6) is 0.0773. The molecule has 1 aliphatic carbocycles. The van der Waals surface area contributed by atoms with Gasteiger partial charge in [0.15, 0.2) is 0 Å². The topological polar surface area (TPSA) is 64.4 Å². The minimum atomic E-state index is -0.458. The van der Waals surface area contributed by atoms with Gasteiger partial charge in [0.1, 0.15) is 0 Å². The molecule has 1 fully saturated rings. The van der Waals surface area contributed by atoms with E-state index in [0.717, 1.165) is 6.42 Å². The van der Waals surface area contributed by atoms with Crippen molar-refractivity contribution in [2.45, 2.75) is 51.5 Å². The lowest BCUT2D eigenvalue weighted by atomic mass is 9.79. The number of ether oxygens (including phenoxy) is 1. The maximum atomic E-state index is 12.8. The van der Waals surface area contributed by atoms with Crippen molar-refractivity contribution in [3.63, 3.8) is 0 Å². The van der Waals surface area contributed by atoms with E-state index >= 15 is 0 Å². The predicted molar refractivity (Wildman–Crippen MR) is 98.4 cm³/mol. The van der Waals surface area contributed by atoms with Gasteiger partial charge in [-0.1, -0.05) is 18.2 Å². The lowest BCUT2D eigenvalue weighted by Crippen LogP contribution is -2.49. The fourth-order valence-corrected chi connectivity index (χ4v) is 3.74. The van der Waals surface area contributed by atoms with Gasteiger partial charge in [-0.05, 0) is 62.1 Å². The van der Waals surface area contributed by atoms with E-state index in [4.69, 9.17) is 10.5 Å². The van der Waals surface area contributed by atoms with Gasteiger partial charge in [0, 0.05) is 19.8 Å². The third-order valence-electron chi connectivity index (χ3n) is 5.54. The molecule has 0 aromatic heterocycles. The van der Waals surface area contributed by atoms with Gasteiger partial charge in [0.25, 0.3) is 0 Å². The Morgan fingerprint density at radius 3 is 2.58 bits per heavy atom. The number of carbonyl (C=O) groups excluding carboxylic acids is 1. The van der Waals surface area contributed by atoms with Crippen LogP contribution in [0.2, 0.25) is 0 Å². The zero-order chi connectivity index (χ0) is 16.3. The summed E-state index contributed by atoms with van der Waals surface area (Å²) < 4.78 is 5.39. The molecule has 5 heteroatoms. The molecule has 1 atom stereocenters. The van der Waals surface area contributed by atoms with E-state index in [-0.39, 0.29) is 24.4 Å². The van der Waals surface area contributed by atoms with E-state index in [1.807, 2.05) is 0 Å². The highest BCUT2D eigenvalue weighted by Gasteiger charge is 2.39. The molecule has 1 amide bonds. The SMILES string of the molecule is CC(NC(=O)C1(CN)CCOCC1)c1ccc2c(c1)CCCC2.Cl. The first-order valence-corrected chi connectivity index (χ1v) is 8.85. The van der Waals surface area contributed by atoms with Crippen LogP contribution in [0.4, 0.5) is 0 Å². The van der Waals surface area contributed by atoms with Crippen LogP contribution in [0.5, 0.6) is 0 Å². The summed E-state index contributed by atoms with van der Waals surface area (Å²) >= 11 is 0. The molecule has 4 nitrogen and oxygen atoms in total. The van der Waals surface area contributed by atoms with Gasteiger partial charge in [0.05, 0.1) is 11.5 Å². The van der Waals surface area contributed by atoms with Crippen LogP contribution >= 0.6 is 12.4 Å². The molecule has 24 heavy (non-hydrogen) atoms. The quantitative estimate of drug-likeness (QED) is 0.875. The van der Waals surface area contributed by atoms with Gasteiger partial charge in [-0.15, -0.1) is 12.4 Å². The number of nitrogens with one attached hydrogen (secondary N) is 1. The van der Waals surface area contributed by atoms with Crippen LogP contribution in [-0.2, 0) is 22.4 Å². The summed E-state index contributed by atoms with van der Waals surface area (Å²) in [5.41, 5.74) is 9.59. The number of hydrogen-bond acceptors (Lipinski definition) is 3. The number of halogens is 1. The Kier molecular flexibility index (Phi) is 6.67. The Morgan fingerprint density at radius 1 is 1.25 bits per heavy atom. The summed E-state index contributed by atoms with van der Waals surface area (Å²) in [4.78, 5) is 12.8.